The maximum absolute atomic E-state index is 4.01. The van der Waals surface area contributed by atoms with E-state index in [-0.39, 0.29) is 0 Å². The Balaban J connectivity index is 2.96. The Labute approximate surface area is 61.4 Å². The normalized spacial score (nSPS) is 11.6. The number of hydrogen-bond acceptors (Lipinski definition) is 1. The van der Waals surface area contributed by atoms with Gasteiger partial charge in [0.05, 0.1) is 0 Å². The minimum absolute atomic E-state index is 1.20. The molecule has 0 atom stereocenters. The number of rotatable bonds is 1. The molecular weight excluding hydrogens is 122 g/mol. The fourth-order valence-corrected chi connectivity index (χ4v) is 0.763. The summed E-state index contributed by atoms with van der Waals surface area (Å²) in [6.45, 7) is 4.11. The molecule has 1 aromatic rings. The summed E-state index contributed by atoms with van der Waals surface area (Å²) in [6, 6.07) is 4.00. The van der Waals surface area contributed by atoms with Crippen molar-refractivity contribution in [3.8, 4) is 0 Å². The van der Waals surface area contributed by atoms with Crippen molar-refractivity contribution in [1.29, 1.82) is 0 Å². The van der Waals surface area contributed by atoms with Crippen molar-refractivity contribution in [2.24, 2.45) is 0 Å². The van der Waals surface area contributed by atoms with Crippen LogP contribution in [0.4, 0.5) is 0 Å². The Morgan fingerprint density at radius 3 is 2.90 bits per heavy atom. The summed E-state index contributed by atoms with van der Waals surface area (Å²) in [6.07, 6.45) is 5.73. The van der Waals surface area contributed by atoms with Crippen LogP contribution in [0.3, 0.4) is 0 Å². The summed E-state index contributed by atoms with van der Waals surface area (Å²) >= 11 is 0. The molecule has 10 heavy (non-hydrogen) atoms. The second kappa shape index (κ2) is 3.16. The predicted molar refractivity (Wildman–Crippen MR) is 43.6 cm³/mol. The average molecular weight is 133 g/mol. The van der Waals surface area contributed by atoms with E-state index in [4.69, 9.17) is 0 Å². The molecule has 0 aliphatic carbocycles. The Kier molecular flexibility index (Phi) is 2.21. The van der Waals surface area contributed by atoms with E-state index in [9.17, 15) is 0 Å². The molecular formula is C9H11N. The highest BCUT2D eigenvalue weighted by atomic mass is 14.6. The fourth-order valence-electron chi connectivity index (χ4n) is 0.763. The van der Waals surface area contributed by atoms with E-state index in [1.165, 1.54) is 11.1 Å². The third kappa shape index (κ3) is 1.44. The quantitative estimate of drug-likeness (QED) is 0.573. The van der Waals surface area contributed by atoms with E-state index in [2.05, 4.69) is 24.1 Å². The van der Waals surface area contributed by atoms with Gasteiger partial charge < -0.3 is 0 Å². The van der Waals surface area contributed by atoms with Gasteiger partial charge in [0.2, 0.25) is 0 Å². The number of allylic oxidation sites excluding steroid dienone is 2. The molecule has 0 bridgehead atoms. The Hall–Kier alpha value is -1.11. The van der Waals surface area contributed by atoms with Gasteiger partial charge in [-0.3, -0.25) is 4.98 Å². The highest BCUT2D eigenvalue weighted by Gasteiger charge is 1.89. The lowest BCUT2D eigenvalue weighted by Crippen LogP contribution is -1.78. The molecule has 0 aromatic carbocycles. The van der Waals surface area contributed by atoms with Crippen LogP contribution >= 0.6 is 0 Å². The van der Waals surface area contributed by atoms with E-state index in [0.29, 0.717) is 0 Å². The topological polar surface area (TPSA) is 12.9 Å². The number of pyridine rings is 1. The molecule has 0 N–H and O–H groups in total. The van der Waals surface area contributed by atoms with Gasteiger partial charge in [0.15, 0.2) is 0 Å². The number of aromatic nitrogens is 1. The van der Waals surface area contributed by atoms with Gasteiger partial charge in [-0.05, 0) is 31.1 Å². The third-order valence-corrected chi connectivity index (χ3v) is 1.55. The van der Waals surface area contributed by atoms with E-state index < -0.39 is 0 Å². The van der Waals surface area contributed by atoms with Crippen LogP contribution in [-0.4, -0.2) is 4.98 Å². The first-order valence-electron chi connectivity index (χ1n) is 3.38. The summed E-state index contributed by atoms with van der Waals surface area (Å²) in [5, 5.41) is 0. The first kappa shape index (κ1) is 7.00. The van der Waals surface area contributed by atoms with Gasteiger partial charge in [0.25, 0.3) is 0 Å². The minimum Gasteiger partial charge on any atom is -0.264 e. The average Bonchev–Trinajstić information content (AvgIpc) is 2.05. The van der Waals surface area contributed by atoms with Crippen molar-refractivity contribution in [2.45, 2.75) is 13.8 Å². The molecule has 0 amide bonds. The molecule has 1 nitrogen and oxygen atoms in total. The molecule has 1 heterocycles. The van der Waals surface area contributed by atoms with Gasteiger partial charge in [-0.15, -0.1) is 0 Å². The SMILES string of the molecule is C/C=C(/C)c1cccnc1. The van der Waals surface area contributed by atoms with E-state index in [0.717, 1.165) is 0 Å². The fraction of sp³-hybridized carbons (Fsp3) is 0.222. The van der Waals surface area contributed by atoms with Gasteiger partial charge >= 0.3 is 0 Å². The second-order valence-electron chi connectivity index (χ2n) is 2.21. The largest absolute Gasteiger partial charge is 0.264 e. The zero-order valence-corrected chi connectivity index (χ0v) is 6.33. The summed E-state index contributed by atoms with van der Waals surface area (Å²) in [5.41, 5.74) is 2.47. The van der Waals surface area contributed by atoms with Gasteiger partial charge in [0.1, 0.15) is 0 Å². The first-order chi connectivity index (χ1) is 4.84. The predicted octanol–water partition coefficient (Wildman–Crippen LogP) is 2.50. The maximum atomic E-state index is 4.01. The van der Waals surface area contributed by atoms with Crippen molar-refractivity contribution in [2.75, 3.05) is 0 Å². The maximum Gasteiger partial charge on any atom is 0.0342 e. The molecule has 1 aromatic heterocycles. The Morgan fingerprint density at radius 2 is 2.40 bits per heavy atom. The van der Waals surface area contributed by atoms with Crippen LogP contribution in [0.5, 0.6) is 0 Å². The summed E-state index contributed by atoms with van der Waals surface area (Å²) in [7, 11) is 0. The molecule has 0 radical (unpaired) electrons. The van der Waals surface area contributed by atoms with Crippen LogP contribution in [0.2, 0.25) is 0 Å². The number of hydrogen-bond donors (Lipinski definition) is 0. The highest BCUT2D eigenvalue weighted by molar-refractivity contribution is 5.62. The van der Waals surface area contributed by atoms with Crippen molar-refractivity contribution in [3.05, 3.63) is 36.2 Å². The van der Waals surface area contributed by atoms with E-state index >= 15 is 0 Å². The lowest BCUT2D eigenvalue weighted by molar-refractivity contribution is 1.30. The van der Waals surface area contributed by atoms with Crippen molar-refractivity contribution < 1.29 is 0 Å². The summed E-state index contributed by atoms with van der Waals surface area (Å²) in [5.74, 6) is 0. The van der Waals surface area contributed by atoms with Gasteiger partial charge in [0, 0.05) is 12.4 Å². The van der Waals surface area contributed by atoms with Gasteiger partial charge in [-0.1, -0.05) is 12.1 Å². The minimum atomic E-state index is 1.20. The lowest BCUT2D eigenvalue weighted by Gasteiger charge is -1.96. The zero-order chi connectivity index (χ0) is 7.40. The Morgan fingerprint density at radius 1 is 1.60 bits per heavy atom. The smallest absolute Gasteiger partial charge is 0.0342 e. The van der Waals surface area contributed by atoms with Crippen LogP contribution < -0.4 is 0 Å². The third-order valence-electron chi connectivity index (χ3n) is 1.55. The number of nitrogens with zero attached hydrogens (tertiary/aromatic N) is 1. The van der Waals surface area contributed by atoms with Crippen LogP contribution in [0, 0.1) is 0 Å². The summed E-state index contributed by atoms with van der Waals surface area (Å²) < 4.78 is 0. The van der Waals surface area contributed by atoms with Crippen molar-refractivity contribution in [3.63, 3.8) is 0 Å². The van der Waals surface area contributed by atoms with Crippen LogP contribution in [0.15, 0.2) is 30.6 Å². The molecule has 0 saturated carbocycles. The molecule has 0 aliphatic heterocycles. The molecule has 0 aliphatic rings. The van der Waals surface area contributed by atoms with Crippen molar-refractivity contribution in [1.82, 2.24) is 4.98 Å². The van der Waals surface area contributed by atoms with E-state index in [1.54, 1.807) is 6.20 Å². The zero-order valence-electron chi connectivity index (χ0n) is 6.33. The lowest BCUT2D eigenvalue weighted by atomic mass is 10.1. The molecule has 1 rings (SSSR count). The summed E-state index contributed by atoms with van der Waals surface area (Å²) in [4.78, 5) is 4.01. The van der Waals surface area contributed by atoms with Gasteiger partial charge in [-0.2, -0.15) is 0 Å². The Bertz CT molecular complexity index is 224. The molecule has 52 valence electrons. The standard InChI is InChI=1S/C9H11N/c1-3-8(2)9-5-4-6-10-7-9/h3-7H,1-2H3/b8-3-. The highest BCUT2D eigenvalue weighted by Crippen LogP contribution is 2.09. The molecule has 0 spiro atoms. The second-order valence-corrected chi connectivity index (χ2v) is 2.21. The van der Waals surface area contributed by atoms with Crippen LogP contribution in [0.1, 0.15) is 19.4 Å². The molecule has 0 fully saturated rings. The monoisotopic (exact) mass is 133 g/mol. The van der Waals surface area contributed by atoms with Crippen molar-refractivity contribution >= 4 is 5.57 Å². The molecule has 1 heteroatoms. The molecule has 0 saturated heterocycles. The van der Waals surface area contributed by atoms with E-state index in [1.807, 2.05) is 19.2 Å². The van der Waals surface area contributed by atoms with Crippen LogP contribution in [-0.2, 0) is 0 Å². The van der Waals surface area contributed by atoms with Crippen LogP contribution in [0.25, 0.3) is 5.57 Å². The first-order valence-corrected chi connectivity index (χ1v) is 3.38. The molecule has 0 unspecified atom stereocenters. The van der Waals surface area contributed by atoms with Gasteiger partial charge in [-0.25, -0.2) is 0 Å².